The van der Waals surface area contributed by atoms with E-state index in [0.717, 1.165) is 5.56 Å². The van der Waals surface area contributed by atoms with Crippen LogP contribution in [-0.4, -0.2) is 28.7 Å². The van der Waals surface area contributed by atoms with Gasteiger partial charge in [-0.1, -0.05) is 19.9 Å². The number of hydrogen-bond acceptors (Lipinski definition) is 7. The van der Waals surface area contributed by atoms with Crippen molar-refractivity contribution in [2.45, 2.75) is 46.0 Å². The summed E-state index contributed by atoms with van der Waals surface area (Å²) in [5, 5.41) is 8.02. The fourth-order valence-electron chi connectivity index (χ4n) is 2.82. The maximum atomic E-state index is 12.7. The Morgan fingerprint density at radius 2 is 1.81 bits per heavy atom. The summed E-state index contributed by atoms with van der Waals surface area (Å²) in [5.41, 5.74) is 4.61. The second-order valence-electron chi connectivity index (χ2n) is 7.78. The lowest BCUT2D eigenvalue weighted by molar-refractivity contribution is -0.118. The van der Waals surface area contributed by atoms with Gasteiger partial charge in [-0.25, -0.2) is 0 Å². The molecule has 1 aromatic heterocycles. The van der Waals surface area contributed by atoms with Gasteiger partial charge < -0.3 is 19.6 Å². The van der Waals surface area contributed by atoms with Crippen molar-refractivity contribution in [2.24, 2.45) is 11.1 Å². The van der Waals surface area contributed by atoms with Gasteiger partial charge in [-0.05, 0) is 38.0 Å². The van der Waals surface area contributed by atoms with E-state index in [1.165, 1.54) is 0 Å². The highest BCUT2D eigenvalue weighted by Crippen LogP contribution is 2.39. The maximum Gasteiger partial charge on any atom is 0.284 e. The number of nitrogens with zero attached hydrogens (tertiary/aromatic N) is 2. The zero-order valence-electron chi connectivity index (χ0n) is 15.9. The van der Waals surface area contributed by atoms with Gasteiger partial charge in [0.25, 0.3) is 5.89 Å². The van der Waals surface area contributed by atoms with Crippen LogP contribution in [0.3, 0.4) is 0 Å². The zero-order valence-corrected chi connectivity index (χ0v) is 15.9. The molecule has 0 radical (unpaired) electrons. The number of ether oxygens (including phenoxy) is 2. The molecule has 0 atom stereocenters. The standard InChI is InChI=1S/C19H23N3O5/c1-18(2,8-7-14(20)23)15(24)16-21-22-17(27-16)19(3,4)11-5-6-12-13(9-11)26-10-25-12/h5-6,9H,7-8,10H2,1-4H3,(H2,20,23). The minimum Gasteiger partial charge on any atom is -0.454 e. The Balaban J connectivity index is 1.83. The van der Waals surface area contributed by atoms with Crippen molar-refractivity contribution in [3.63, 3.8) is 0 Å². The lowest BCUT2D eigenvalue weighted by atomic mass is 9.83. The van der Waals surface area contributed by atoms with E-state index >= 15 is 0 Å². The largest absolute Gasteiger partial charge is 0.454 e. The van der Waals surface area contributed by atoms with Crippen LogP contribution < -0.4 is 15.2 Å². The predicted octanol–water partition coefficient (Wildman–Crippen LogP) is 2.60. The SMILES string of the molecule is CC(C)(CCC(N)=O)C(=O)c1nnc(C(C)(C)c2ccc3c(c2)OCO3)o1. The number of primary amides is 1. The molecule has 8 nitrogen and oxygen atoms in total. The van der Waals surface area contributed by atoms with Crippen molar-refractivity contribution in [3.05, 3.63) is 35.5 Å². The van der Waals surface area contributed by atoms with Gasteiger partial charge in [0.15, 0.2) is 11.5 Å². The van der Waals surface area contributed by atoms with Crippen LogP contribution in [0.25, 0.3) is 0 Å². The quantitative estimate of drug-likeness (QED) is 0.741. The first-order valence-electron chi connectivity index (χ1n) is 8.68. The minimum absolute atomic E-state index is 0.0757. The average molecular weight is 373 g/mol. The molecule has 27 heavy (non-hydrogen) atoms. The summed E-state index contributed by atoms with van der Waals surface area (Å²) in [5.74, 6) is 0.815. The number of hydrogen-bond donors (Lipinski definition) is 1. The Bertz CT molecular complexity index is 885. The Labute approximate surface area is 157 Å². The molecule has 3 rings (SSSR count). The van der Waals surface area contributed by atoms with E-state index in [2.05, 4.69) is 10.2 Å². The molecule has 1 aliphatic heterocycles. The van der Waals surface area contributed by atoms with Crippen LogP contribution in [0.15, 0.2) is 22.6 Å². The summed E-state index contributed by atoms with van der Waals surface area (Å²) in [6, 6.07) is 5.59. The molecule has 0 spiro atoms. The predicted molar refractivity (Wildman–Crippen MR) is 95.5 cm³/mol. The summed E-state index contributed by atoms with van der Waals surface area (Å²) in [6.07, 6.45) is 0.423. The van der Waals surface area contributed by atoms with Gasteiger partial charge in [0.05, 0.1) is 5.41 Å². The number of rotatable bonds is 7. The van der Waals surface area contributed by atoms with Gasteiger partial charge in [0, 0.05) is 11.8 Å². The van der Waals surface area contributed by atoms with Gasteiger partial charge in [-0.3, -0.25) is 9.59 Å². The molecule has 144 valence electrons. The van der Waals surface area contributed by atoms with Gasteiger partial charge in [0.2, 0.25) is 24.4 Å². The summed E-state index contributed by atoms with van der Waals surface area (Å²) >= 11 is 0. The number of ketones is 1. The zero-order chi connectivity index (χ0) is 19.8. The number of benzene rings is 1. The first kappa shape index (κ1) is 18.9. The third kappa shape index (κ3) is 3.65. The Morgan fingerprint density at radius 3 is 2.52 bits per heavy atom. The number of Topliss-reactive ketones (excluding diaryl/α,β-unsaturated/α-hetero) is 1. The van der Waals surface area contributed by atoms with E-state index in [9.17, 15) is 9.59 Å². The van der Waals surface area contributed by atoms with Crippen molar-refractivity contribution in [3.8, 4) is 11.5 Å². The van der Waals surface area contributed by atoms with Crippen LogP contribution in [0.5, 0.6) is 11.5 Å². The average Bonchev–Trinajstić information content (AvgIpc) is 3.28. The first-order chi connectivity index (χ1) is 12.6. The highest BCUT2D eigenvalue weighted by molar-refractivity contribution is 5.96. The molecule has 2 aromatic rings. The molecule has 0 saturated carbocycles. The number of carbonyl (C=O) groups is 2. The normalized spacial score (nSPS) is 13.6. The number of fused-ring (bicyclic) bond motifs is 1. The van der Waals surface area contributed by atoms with Crippen molar-refractivity contribution in [1.82, 2.24) is 10.2 Å². The van der Waals surface area contributed by atoms with Crippen molar-refractivity contribution < 1.29 is 23.5 Å². The van der Waals surface area contributed by atoms with Crippen molar-refractivity contribution in [2.75, 3.05) is 6.79 Å². The fourth-order valence-corrected chi connectivity index (χ4v) is 2.82. The number of aromatic nitrogens is 2. The van der Waals surface area contributed by atoms with E-state index < -0.39 is 16.7 Å². The summed E-state index contributed by atoms with van der Waals surface area (Å²) in [7, 11) is 0. The molecular weight excluding hydrogens is 350 g/mol. The maximum absolute atomic E-state index is 12.7. The third-order valence-electron chi connectivity index (χ3n) is 4.86. The highest BCUT2D eigenvalue weighted by atomic mass is 16.7. The van der Waals surface area contributed by atoms with Gasteiger partial charge in [-0.15, -0.1) is 10.2 Å². The molecule has 0 saturated heterocycles. The minimum atomic E-state index is -0.832. The van der Waals surface area contributed by atoms with E-state index in [1.54, 1.807) is 13.8 Å². The molecule has 8 heteroatoms. The molecule has 0 aliphatic carbocycles. The topological polar surface area (TPSA) is 118 Å². The smallest absolute Gasteiger partial charge is 0.284 e. The van der Waals surface area contributed by atoms with Crippen LogP contribution in [0.1, 0.15) is 62.7 Å². The van der Waals surface area contributed by atoms with Crippen molar-refractivity contribution >= 4 is 11.7 Å². The third-order valence-corrected chi connectivity index (χ3v) is 4.86. The van der Waals surface area contributed by atoms with E-state index in [-0.39, 0.29) is 24.9 Å². The van der Waals surface area contributed by atoms with Crippen LogP contribution in [0.4, 0.5) is 0 Å². The van der Waals surface area contributed by atoms with E-state index in [4.69, 9.17) is 19.6 Å². The number of amides is 1. The molecule has 2 heterocycles. The van der Waals surface area contributed by atoms with Crippen molar-refractivity contribution in [1.29, 1.82) is 0 Å². The molecule has 1 amide bonds. The second-order valence-corrected chi connectivity index (χ2v) is 7.78. The van der Waals surface area contributed by atoms with Gasteiger partial charge >= 0.3 is 0 Å². The van der Waals surface area contributed by atoms with Gasteiger partial charge in [-0.2, -0.15) is 0 Å². The molecule has 2 N–H and O–H groups in total. The Morgan fingerprint density at radius 1 is 1.11 bits per heavy atom. The van der Waals surface area contributed by atoms with E-state index in [0.29, 0.717) is 23.8 Å². The monoisotopic (exact) mass is 373 g/mol. The lowest BCUT2D eigenvalue weighted by Gasteiger charge is -2.22. The highest BCUT2D eigenvalue weighted by Gasteiger charge is 2.36. The fraction of sp³-hybridized carbons (Fsp3) is 0.474. The Hall–Kier alpha value is -2.90. The summed E-state index contributed by atoms with van der Waals surface area (Å²) < 4.78 is 16.5. The summed E-state index contributed by atoms with van der Waals surface area (Å²) in [6.45, 7) is 7.49. The van der Waals surface area contributed by atoms with Crippen LogP contribution in [-0.2, 0) is 10.2 Å². The molecular formula is C19H23N3O5. The molecule has 0 fully saturated rings. The number of carbonyl (C=O) groups excluding carboxylic acids is 2. The van der Waals surface area contributed by atoms with Crippen LogP contribution >= 0.6 is 0 Å². The Kier molecular flexibility index (Phi) is 4.67. The lowest BCUT2D eigenvalue weighted by Crippen LogP contribution is -2.27. The van der Waals surface area contributed by atoms with Crippen LogP contribution in [0.2, 0.25) is 0 Å². The van der Waals surface area contributed by atoms with Gasteiger partial charge in [0.1, 0.15) is 0 Å². The molecule has 0 bridgehead atoms. The molecule has 0 unspecified atom stereocenters. The van der Waals surface area contributed by atoms with Crippen LogP contribution in [0, 0.1) is 5.41 Å². The second kappa shape index (κ2) is 6.68. The van der Waals surface area contributed by atoms with E-state index in [1.807, 2.05) is 32.0 Å². The molecule has 1 aliphatic rings. The first-order valence-corrected chi connectivity index (χ1v) is 8.68. The summed E-state index contributed by atoms with van der Waals surface area (Å²) in [4.78, 5) is 23.7. The molecule has 1 aromatic carbocycles. The number of nitrogens with two attached hydrogens (primary N) is 1.